The van der Waals surface area contributed by atoms with Crippen molar-refractivity contribution < 1.29 is 31.1 Å². The van der Waals surface area contributed by atoms with Gasteiger partial charge in [-0.15, -0.1) is 0 Å². The molecule has 2 fully saturated rings. The third-order valence-corrected chi connectivity index (χ3v) is 7.68. The van der Waals surface area contributed by atoms with Crippen molar-refractivity contribution in [2.75, 3.05) is 44.2 Å². The van der Waals surface area contributed by atoms with E-state index in [-0.39, 0.29) is 31.1 Å². The Bertz CT molecular complexity index is 1280. The molecule has 3 heterocycles. The largest absolute Gasteiger partial charge is 0.416 e. The number of hydrogen-bond acceptors (Lipinski definition) is 4. The van der Waals surface area contributed by atoms with E-state index in [1.54, 1.807) is 6.20 Å². The van der Waals surface area contributed by atoms with Gasteiger partial charge >= 0.3 is 12.4 Å². The van der Waals surface area contributed by atoms with E-state index in [9.17, 15) is 31.1 Å². The number of likely N-dealkylation sites (tertiary alicyclic amines) is 1. The topological polar surface area (TPSA) is 39.7 Å². The van der Waals surface area contributed by atoms with Crippen molar-refractivity contribution >= 4 is 11.7 Å². The maximum Gasteiger partial charge on any atom is 0.416 e. The predicted molar refractivity (Wildman–Crippen MR) is 138 cm³/mol. The van der Waals surface area contributed by atoms with Gasteiger partial charge < -0.3 is 9.80 Å². The van der Waals surface area contributed by atoms with Crippen LogP contribution in [0.3, 0.4) is 0 Å². The smallest absolute Gasteiger partial charge is 0.354 e. The quantitative estimate of drug-likeness (QED) is 0.369. The number of piperidine rings is 1. The lowest BCUT2D eigenvalue weighted by molar-refractivity contribution is -0.143. The molecule has 5 nitrogen and oxygen atoms in total. The number of halogens is 6. The Kier molecular flexibility index (Phi) is 7.76. The molecule has 0 bridgehead atoms. The zero-order valence-electron chi connectivity index (χ0n) is 21.5. The van der Waals surface area contributed by atoms with E-state index in [0.717, 1.165) is 37.6 Å². The number of piperazine rings is 1. The molecule has 2 aromatic carbocycles. The number of carbonyl (C=O) groups excluding carboxylic acids is 1. The fourth-order valence-electron chi connectivity index (χ4n) is 5.67. The lowest BCUT2D eigenvalue weighted by Crippen LogP contribution is -2.56. The number of carbonyl (C=O) groups is 1. The number of rotatable bonds is 4. The summed E-state index contributed by atoms with van der Waals surface area (Å²) < 4.78 is 80.5. The summed E-state index contributed by atoms with van der Waals surface area (Å²) in [5.74, 6) is -0.0920. The van der Waals surface area contributed by atoms with E-state index < -0.39 is 35.0 Å². The SMILES string of the molecule is O=C(c1cc(C(F)(F)F)cc(C(F)(F)F)c1)N1CCC(N2CCN(c3ccccn3)CC2)C(c2ccccc2)C1. The van der Waals surface area contributed by atoms with Crippen molar-refractivity contribution in [3.63, 3.8) is 0 Å². The molecule has 0 radical (unpaired) electrons. The van der Waals surface area contributed by atoms with Gasteiger partial charge in [-0.1, -0.05) is 36.4 Å². The third-order valence-electron chi connectivity index (χ3n) is 7.68. The van der Waals surface area contributed by atoms with E-state index >= 15 is 0 Å². The fourth-order valence-corrected chi connectivity index (χ4v) is 5.67. The zero-order valence-corrected chi connectivity index (χ0v) is 21.5. The molecule has 0 aliphatic carbocycles. The maximum absolute atomic E-state index is 13.4. The van der Waals surface area contributed by atoms with Crippen LogP contribution in [0, 0.1) is 0 Å². The Labute approximate surface area is 228 Å². The molecule has 2 unspecified atom stereocenters. The van der Waals surface area contributed by atoms with E-state index in [4.69, 9.17) is 0 Å². The molecule has 5 rings (SSSR count). The van der Waals surface area contributed by atoms with Crippen molar-refractivity contribution in [2.45, 2.75) is 30.7 Å². The lowest BCUT2D eigenvalue weighted by Gasteiger charge is -2.47. The highest BCUT2D eigenvalue weighted by Gasteiger charge is 2.40. The summed E-state index contributed by atoms with van der Waals surface area (Å²) in [5.41, 5.74) is -2.63. The second-order valence-electron chi connectivity index (χ2n) is 10.1. The van der Waals surface area contributed by atoms with Crippen molar-refractivity contribution in [2.24, 2.45) is 0 Å². The summed E-state index contributed by atoms with van der Waals surface area (Å²) >= 11 is 0. The molecule has 3 aromatic rings. The highest BCUT2D eigenvalue weighted by Crippen LogP contribution is 2.38. The van der Waals surface area contributed by atoms with E-state index in [0.29, 0.717) is 18.6 Å². The molecule has 0 saturated carbocycles. The number of pyridine rings is 1. The Balaban J connectivity index is 1.37. The van der Waals surface area contributed by atoms with Gasteiger partial charge in [0.15, 0.2) is 0 Å². The minimum absolute atomic E-state index is 0.0421. The second kappa shape index (κ2) is 11.1. The van der Waals surface area contributed by atoms with Gasteiger partial charge in [-0.25, -0.2) is 4.98 Å². The highest BCUT2D eigenvalue weighted by molar-refractivity contribution is 5.95. The number of hydrogen-bond donors (Lipinski definition) is 0. The molecule has 40 heavy (non-hydrogen) atoms. The van der Waals surface area contributed by atoms with Crippen LogP contribution in [0.2, 0.25) is 0 Å². The van der Waals surface area contributed by atoms with Gasteiger partial charge in [0.05, 0.1) is 11.1 Å². The molecular formula is C29H28F6N4O. The van der Waals surface area contributed by atoms with E-state index in [1.807, 2.05) is 48.5 Å². The molecule has 1 amide bonds. The molecule has 212 valence electrons. The number of anilines is 1. The summed E-state index contributed by atoms with van der Waals surface area (Å²) in [5, 5.41) is 0. The first-order valence-corrected chi connectivity index (χ1v) is 13.0. The van der Waals surface area contributed by atoms with Crippen LogP contribution in [0.25, 0.3) is 0 Å². The third kappa shape index (κ3) is 6.09. The van der Waals surface area contributed by atoms with Crippen LogP contribution < -0.4 is 4.90 Å². The first-order chi connectivity index (χ1) is 19.0. The zero-order chi connectivity index (χ0) is 28.5. The van der Waals surface area contributed by atoms with Gasteiger partial charge in [-0.3, -0.25) is 9.69 Å². The fraction of sp³-hybridized carbons (Fsp3) is 0.379. The van der Waals surface area contributed by atoms with Gasteiger partial charge in [0.1, 0.15) is 5.82 Å². The second-order valence-corrected chi connectivity index (χ2v) is 10.1. The highest BCUT2D eigenvalue weighted by atomic mass is 19.4. The van der Waals surface area contributed by atoms with Crippen molar-refractivity contribution in [1.29, 1.82) is 0 Å². The number of nitrogens with zero attached hydrogens (tertiary/aromatic N) is 4. The number of amides is 1. The van der Waals surface area contributed by atoms with Gasteiger partial charge in [0.2, 0.25) is 0 Å². The molecule has 2 saturated heterocycles. The van der Waals surface area contributed by atoms with Crippen molar-refractivity contribution in [3.05, 3.63) is 95.2 Å². The Morgan fingerprint density at radius 2 is 1.40 bits per heavy atom. The molecule has 11 heteroatoms. The molecule has 0 N–H and O–H groups in total. The normalized spacial score (nSPS) is 20.9. The monoisotopic (exact) mass is 562 g/mol. The van der Waals surface area contributed by atoms with E-state index in [1.165, 1.54) is 4.90 Å². The molecule has 2 aliphatic rings. The van der Waals surface area contributed by atoms with Gasteiger partial charge in [0, 0.05) is 63.0 Å². The van der Waals surface area contributed by atoms with Gasteiger partial charge in [-0.2, -0.15) is 26.3 Å². The predicted octanol–water partition coefficient (Wildman–Crippen LogP) is 5.94. The Morgan fingerprint density at radius 3 is 1.98 bits per heavy atom. The lowest BCUT2D eigenvalue weighted by atomic mass is 9.84. The number of benzene rings is 2. The van der Waals surface area contributed by atoms with Crippen molar-refractivity contribution in [1.82, 2.24) is 14.8 Å². The standard InChI is InChI=1S/C29H28F6N4O/c30-28(31,32)22-16-21(17-23(18-22)29(33,34)35)27(40)39-11-9-25(24(19-39)20-6-2-1-3-7-20)37-12-14-38(15-13-37)26-8-4-5-10-36-26/h1-8,10,16-18,24-25H,9,11-15,19H2. The van der Waals surface area contributed by atoms with Gasteiger partial charge in [-0.05, 0) is 42.3 Å². The van der Waals surface area contributed by atoms with Crippen molar-refractivity contribution in [3.8, 4) is 0 Å². The molecule has 1 aromatic heterocycles. The summed E-state index contributed by atoms with van der Waals surface area (Å²) in [6.07, 6.45) is -7.75. The van der Waals surface area contributed by atoms with Crippen LogP contribution in [0.15, 0.2) is 72.9 Å². The summed E-state index contributed by atoms with van der Waals surface area (Å²) in [6, 6.07) is 16.4. The van der Waals surface area contributed by atoms with Gasteiger partial charge in [0.25, 0.3) is 5.91 Å². The molecule has 2 atom stereocenters. The Morgan fingerprint density at radius 1 is 0.775 bits per heavy atom. The van der Waals surface area contributed by atoms with Crippen LogP contribution in [-0.2, 0) is 12.4 Å². The maximum atomic E-state index is 13.4. The van der Waals surface area contributed by atoms with Crippen LogP contribution in [0.5, 0.6) is 0 Å². The van der Waals surface area contributed by atoms with Crippen LogP contribution in [-0.4, -0.2) is 66.0 Å². The molecular weight excluding hydrogens is 534 g/mol. The molecule has 0 spiro atoms. The minimum Gasteiger partial charge on any atom is -0.354 e. The summed E-state index contributed by atoms with van der Waals surface area (Å²) in [7, 11) is 0. The first-order valence-electron chi connectivity index (χ1n) is 13.0. The van der Waals surface area contributed by atoms with Crippen LogP contribution in [0.4, 0.5) is 32.2 Å². The molecule has 2 aliphatic heterocycles. The summed E-state index contributed by atoms with van der Waals surface area (Å²) in [4.78, 5) is 23.8. The number of aromatic nitrogens is 1. The minimum atomic E-state index is -5.02. The first kappa shape index (κ1) is 27.9. The number of alkyl halides is 6. The Hall–Kier alpha value is -3.60. The average molecular weight is 563 g/mol. The summed E-state index contributed by atoms with van der Waals surface area (Å²) in [6.45, 7) is 3.48. The average Bonchev–Trinajstić information content (AvgIpc) is 2.96. The van der Waals surface area contributed by atoms with E-state index in [2.05, 4.69) is 14.8 Å². The van der Waals surface area contributed by atoms with Crippen LogP contribution in [0.1, 0.15) is 39.4 Å². The van der Waals surface area contributed by atoms with Crippen LogP contribution >= 0.6 is 0 Å².